The molecule has 0 spiro atoms. The number of hydrogen-bond acceptors (Lipinski definition) is 3. The number of benzene rings is 1. The normalized spacial score (nSPS) is 11.8. The van der Waals surface area contributed by atoms with Crippen molar-refractivity contribution in [3.63, 3.8) is 0 Å². The van der Waals surface area contributed by atoms with Crippen molar-refractivity contribution < 1.29 is 13.2 Å². The summed E-state index contributed by atoms with van der Waals surface area (Å²) in [6.45, 7) is 0. The fraction of sp³-hybridized carbons (Fsp3) is 0.273. The van der Waals surface area contributed by atoms with Gasteiger partial charge in [-0.3, -0.25) is 0 Å². The van der Waals surface area contributed by atoms with Crippen LogP contribution in [-0.2, 0) is 12.6 Å². The predicted octanol–water partition coefficient (Wildman–Crippen LogP) is 4.77. The second-order valence-corrected chi connectivity index (χ2v) is 5.93. The molecule has 2 rings (SSSR count). The lowest BCUT2D eigenvalue weighted by Gasteiger charge is -2.09. The Morgan fingerprint density at radius 2 is 2.00 bits per heavy atom. The van der Waals surface area contributed by atoms with Gasteiger partial charge in [-0.15, -0.1) is 21.8 Å². The summed E-state index contributed by atoms with van der Waals surface area (Å²) in [6, 6.07) is 4.00. The standard InChI is InChI=1S/C11H7BrClF3N2S/c12-8-2-1-6(5-7(8)11(14,15)16)10-18-17-9(19-10)3-4-13/h1-2,5H,3-4H2. The summed E-state index contributed by atoms with van der Waals surface area (Å²) < 4.78 is 38.4. The quantitative estimate of drug-likeness (QED) is 0.727. The Labute approximate surface area is 124 Å². The molecule has 0 unspecified atom stereocenters. The number of aryl methyl sites for hydroxylation is 1. The van der Waals surface area contributed by atoms with E-state index in [4.69, 9.17) is 11.6 Å². The molecule has 102 valence electrons. The van der Waals surface area contributed by atoms with E-state index in [1.54, 1.807) is 6.07 Å². The van der Waals surface area contributed by atoms with E-state index in [9.17, 15) is 13.2 Å². The third-order valence-electron chi connectivity index (χ3n) is 2.29. The van der Waals surface area contributed by atoms with Crippen molar-refractivity contribution in [2.75, 3.05) is 5.88 Å². The van der Waals surface area contributed by atoms with Crippen LogP contribution in [-0.4, -0.2) is 16.1 Å². The van der Waals surface area contributed by atoms with Gasteiger partial charge in [0.2, 0.25) is 0 Å². The van der Waals surface area contributed by atoms with Gasteiger partial charge in [-0.05, 0) is 12.1 Å². The van der Waals surface area contributed by atoms with Crippen molar-refractivity contribution in [3.8, 4) is 10.6 Å². The molecule has 0 bridgehead atoms. The van der Waals surface area contributed by atoms with Gasteiger partial charge in [0.05, 0.1) is 5.56 Å². The lowest BCUT2D eigenvalue weighted by atomic mass is 10.1. The first-order chi connectivity index (χ1) is 8.91. The monoisotopic (exact) mass is 370 g/mol. The molecule has 19 heavy (non-hydrogen) atoms. The molecule has 1 aromatic carbocycles. The van der Waals surface area contributed by atoms with E-state index < -0.39 is 11.7 Å². The van der Waals surface area contributed by atoms with Crippen LogP contribution in [0.3, 0.4) is 0 Å². The molecule has 0 atom stereocenters. The zero-order valence-electron chi connectivity index (χ0n) is 9.34. The highest BCUT2D eigenvalue weighted by atomic mass is 79.9. The van der Waals surface area contributed by atoms with Crippen molar-refractivity contribution in [1.29, 1.82) is 0 Å². The van der Waals surface area contributed by atoms with Crippen molar-refractivity contribution in [3.05, 3.63) is 33.2 Å². The highest BCUT2D eigenvalue weighted by Crippen LogP contribution is 2.37. The third kappa shape index (κ3) is 3.46. The highest BCUT2D eigenvalue weighted by molar-refractivity contribution is 9.10. The summed E-state index contributed by atoms with van der Waals surface area (Å²) in [5.41, 5.74) is -0.326. The molecule has 0 fully saturated rings. The smallest absolute Gasteiger partial charge is 0.166 e. The molecule has 0 N–H and O–H groups in total. The van der Waals surface area contributed by atoms with Crippen LogP contribution in [0.25, 0.3) is 10.6 Å². The topological polar surface area (TPSA) is 25.8 Å². The Kier molecular flexibility index (Phi) is 4.47. The first-order valence-electron chi connectivity index (χ1n) is 5.17. The van der Waals surface area contributed by atoms with E-state index in [1.807, 2.05) is 0 Å². The van der Waals surface area contributed by atoms with Gasteiger partial charge in [-0.1, -0.05) is 33.3 Å². The van der Waals surface area contributed by atoms with Crippen LogP contribution < -0.4 is 0 Å². The van der Waals surface area contributed by atoms with Crippen LogP contribution in [0, 0.1) is 0 Å². The minimum atomic E-state index is -4.40. The summed E-state index contributed by atoms with van der Waals surface area (Å²) in [5.74, 6) is 0.406. The van der Waals surface area contributed by atoms with E-state index in [2.05, 4.69) is 26.1 Å². The van der Waals surface area contributed by atoms with Crippen molar-refractivity contribution in [1.82, 2.24) is 10.2 Å². The molecular weight excluding hydrogens is 365 g/mol. The minimum Gasteiger partial charge on any atom is -0.166 e. The average molecular weight is 372 g/mol. The zero-order valence-corrected chi connectivity index (χ0v) is 12.5. The first kappa shape index (κ1) is 14.7. The van der Waals surface area contributed by atoms with E-state index >= 15 is 0 Å². The summed E-state index contributed by atoms with van der Waals surface area (Å²) in [5, 5.41) is 8.94. The molecule has 2 nitrogen and oxygen atoms in total. The lowest BCUT2D eigenvalue weighted by Crippen LogP contribution is -2.06. The average Bonchev–Trinajstić information content (AvgIpc) is 2.77. The molecule has 0 aliphatic rings. The summed E-state index contributed by atoms with van der Waals surface area (Å²) >= 11 is 9.73. The number of hydrogen-bond donors (Lipinski definition) is 0. The highest BCUT2D eigenvalue weighted by Gasteiger charge is 2.33. The molecule has 1 aromatic heterocycles. The fourth-order valence-electron chi connectivity index (χ4n) is 1.43. The van der Waals surface area contributed by atoms with E-state index in [1.165, 1.54) is 17.4 Å². The van der Waals surface area contributed by atoms with Crippen molar-refractivity contribution in [2.24, 2.45) is 0 Å². The molecule has 0 saturated carbocycles. The molecule has 0 radical (unpaired) electrons. The van der Waals surface area contributed by atoms with Gasteiger partial charge in [0, 0.05) is 22.3 Å². The Morgan fingerprint density at radius 1 is 1.26 bits per heavy atom. The van der Waals surface area contributed by atoms with Crippen molar-refractivity contribution in [2.45, 2.75) is 12.6 Å². The largest absolute Gasteiger partial charge is 0.417 e. The maximum absolute atomic E-state index is 12.8. The molecule has 0 aliphatic carbocycles. The number of rotatable bonds is 3. The SMILES string of the molecule is FC(F)(F)c1cc(-c2nnc(CCCl)s2)ccc1Br. The maximum atomic E-state index is 12.8. The minimum absolute atomic E-state index is 0.00856. The second-order valence-electron chi connectivity index (χ2n) is 3.63. The molecule has 0 saturated heterocycles. The fourth-order valence-corrected chi connectivity index (χ4v) is 3.03. The molecular formula is C11H7BrClF3N2S. The van der Waals surface area contributed by atoms with Crippen LogP contribution in [0.2, 0.25) is 0 Å². The maximum Gasteiger partial charge on any atom is 0.417 e. The van der Waals surface area contributed by atoms with E-state index in [0.717, 1.165) is 6.07 Å². The first-order valence-corrected chi connectivity index (χ1v) is 7.31. The molecule has 8 heteroatoms. The van der Waals surface area contributed by atoms with E-state index in [0.29, 0.717) is 27.9 Å². The lowest BCUT2D eigenvalue weighted by molar-refractivity contribution is -0.138. The van der Waals surface area contributed by atoms with Gasteiger partial charge in [0.15, 0.2) is 0 Å². The third-order valence-corrected chi connectivity index (χ3v) is 4.21. The summed E-state index contributed by atoms with van der Waals surface area (Å²) in [4.78, 5) is 0. The van der Waals surface area contributed by atoms with Crippen LogP contribution in [0.5, 0.6) is 0 Å². The second kappa shape index (κ2) is 5.76. The predicted molar refractivity (Wildman–Crippen MR) is 72.5 cm³/mol. The van der Waals surface area contributed by atoms with Crippen molar-refractivity contribution >= 4 is 38.9 Å². The molecule has 1 heterocycles. The molecule has 2 aromatic rings. The van der Waals surface area contributed by atoms with Crippen LogP contribution >= 0.6 is 38.9 Å². The number of aromatic nitrogens is 2. The van der Waals surface area contributed by atoms with Gasteiger partial charge in [0.25, 0.3) is 0 Å². The molecule has 0 amide bonds. The number of alkyl halides is 4. The Hall–Kier alpha value is -0.660. The molecule has 0 aliphatic heterocycles. The summed E-state index contributed by atoms with van der Waals surface area (Å²) in [7, 11) is 0. The van der Waals surface area contributed by atoms with Gasteiger partial charge in [0.1, 0.15) is 10.0 Å². The van der Waals surface area contributed by atoms with Gasteiger partial charge in [-0.25, -0.2) is 0 Å². The van der Waals surface area contributed by atoms with E-state index in [-0.39, 0.29) is 4.47 Å². The number of halogens is 5. The van der Waals surface area contributed by atoms with Gasteiger partial charge in [-0.2, -0.15) is 13.2 Å². The van der Waals surface area contributed by atoms with Crippen LogP contribution in [0.1, 0.15) is 10.6 Å². The van der Waals surface area contributed by atoms with Crippen LogP contribution in [0.15, 0.2) is 22.7 Å². The zero-order chi connectivity index (χ0) is 14.0. The summed E-state index contributed by atoms with van der Waals surface area (Å²) in [6.07, 6.45) is -3.85. The van der Waals surface area contributed by atoms with Gasteiger partial charge >= 0.3 is 6.18 Å². The van der Waals surface area contributed by atoms with Gasteiger partial charge < -0.3 is 0 Å². The number of nitrogens with zero attached hydrogens (tertiary/aromatic N) is 2. The van der Waals surface area contributed by atoms with Crippen LogP contribution in [0.4, 0.5) is 13.2 Å². The Balaban J connectivity index is 2.39. The Morgan fingerprint density at radius 3 is 2.63 bits per heavy atom. The Bertz CT molecular complexity index is 586.